The fraction of sp³-hybridized carbons (Fsp3) is 0.438. The van der Waals surface area contributed by atoms with Gasteiger partial charge >= 0.3 is 0 Å². The number of aliphatic hydroxyl groups is 2. The van der Waals surface area contributed by atoms with Gasteiger partial charge in [0.2, 0.25) is 0 Å². The third-order valence-corrected chi connectivity index (χ3v) is 3.87. The van der Waals surface area contributed by atoms with Gasteiger partial charge in [-0.2, -0.15) is 0 Å². The number of rotatable bonds is 5. The Labute approximate surface area is 128 Å². The Morgan fingerprint density at radius 2 is 1.77 bits per heavy atom. The van der Waals surface area contributed by atoms with Crippen LogP contribution in [-0.4, -0.2) is 48.9 Å². The van der Waals surface area contributed by atoms with E-state index in [1.54, 1.807) is 30.3 Å². The maximum absolute atomic E-state index is 12.8. The van der Waals surface area contributed by atoms with E-state index in [4.69, 9.17) is 14.2 Å². The number of carbonyl (C=O) groups excluding carboxylic acids is 1. The van der Waals surface area contributed by atoms with Gasteiger partial charge < -0.3 is 24.4 Å². The Balaban J connectivity index is 2.50. The summed E-state index contributed by atoms with van der Waals surface area (Å²) >= 11 is 0. The van der Waals surface area contributed by atoms with Gasteiger partial charge in [-0.05, 0) is 0 Å². The van der Waals surface area contributed by atoms with Crippen molar-refractivity contribution >= 4 is 5.78 Å². The molecule has 0 amide bonds. The van der Waals surface area contributed by atoms with Crippen molar-refractivity contribution in [1.82, 2.24) is 0 Å². The molecular weight excluding hydrogens is 288 g/mol. The lowest BCUT2D eigenvalue weighted by molar-refractivity contribution is -0.279. The molecule has 0 fully saturated rings. The maximum Gasteiger partial charge on any atom is 0.193 e. The minimum absolute atomic E-state index is 0.0915. The Bertz CT molecular complexity index is 569. The topological polar surface area (TPSA) is 85.2 Å². The molecule has 120 valence electrons. The second-order valence-electron chi connectivity index (χ2n) is 5.19. The summed E-state index contributed by atoms with van der Waals surface area (Å²) in [5.74, 6) is -5.09. The molecule has 0 bridgehead atoms. The molecule has 2 rings (SSSR count). The summed E-state index contributed by atoms with van der Waals surface area (Å²) in [6.07, 6.45) is 0.967. The second kappa shape index (κ2) is 6.18. The molecule has 0 spiro atoms. The molecule has 1 aliphatic rings. The van der Waals surface area contributed by atoms with Crippen LogP contribution in [-0.2, 0) is 14.2 Å². The van der Waals surface area contributed by atoms with Crippen molar-refractivity contribution in [3.05, 3.63) is 47.7 Å². The van der Waals surface area contributed by atoms with Gasteiger partial charge in [0.25, 0.3) is 0 Å². The Morgan fingerprint density at radius 1 is 1.14 bits per heavy atom. The molecule has 0 heterocycles. The molecule has 0 aliphatic heterocycles. The molecule has 1 aromatic rings. The van der Waals surface area contributed by atoms with Crippen LogP contribution in [0, 0.1) is 5.92 Å². The second-order valence-corrected chi connectivity index (χ2v) is 5.19. The smallest absolute Gasteiger partial charge is 0.193 e. The van der Waals surface area contributed by atoms with E-state index in [-0.39, 0.29) is 18.0 Å². The average molecular weight is 308 g/mol. The zero-order valence-corrected chi connectivity index (χ0v) is 12.8. The van der Waals surface area contributed by atoms with Gasteiger partial charge in [-0.3, -0.25) is 4.79 Å². The number of carbonyl (C=O) groups is 1. The predicted octanol–water partition coefficient (Wildman–Crippen LogP) is 1.09. The third kappa shape index (κ3) is 2.91. The highest BCUT2D eigenvalue weighted by molar-refractivity contribution is 6.00. The van der Waals surface area contributed by atoms with Gasteiger partial charge in [0.1, 0.15) is 11.7 Å². The van der Waals surface area contributed by atoms with E-state index in [0.717, 1.165) is 0 Å². The maximum atomic E-state index is 12.8. The fourth-order valence-corrected chi connectivity index (χ4v) is 2.64. The summed E-state index contributed by atoms with van der Waals surface area (Å²) in [5, 5.41) is 21.0. The molecule has 6 heteroatoms. The molecule has 2 N–H and O–H groups in total. The van der Waals surface area contributed by atoms with E-state index < -0.39 is 17.5 Å². The summed E-state index contributed by atoms with van der Waals surface area (Å²) in [7, 11) is 3.91. The molecule has 0 aromatic heterocycles. The van der Waals surface area contributed by atoms with Crippen LogP contribution in [0.5, 0.6) is 0 Å². The van der Waals surface area contributed by atoms with E-state index in [0.29, 0.717) is 5.56 Å². The normalized spacial score (nSPS) is 31.5. The van der Waals surface area contributed by atoms with Crippen LogP contribution < -0.4 is 0 Å². The first-order valence-corrected chi connectivity index (χ1v) is 6.80. The Kier molecular flexibility index (Phi) is 4.67. The first kappa shape index (κ1) is 16.6. The monoisotopic (exact) mass is 308 g/mol. The van der Waals surface area contributed by atoms with Gasteiger partial charge in [0, 0.05) is 25.9 Å². The van der Waals surface area contributed by atoms with Gasteiger partial charge in [-0.15, -0.1) is 0 Å². The highest BCUT2D eigenvalue weighted by Crippen LogP contribution is 2.41. The predicted molar refractivity (Wildman–Crippen MR) is 77.9 cm³/mol. The fourth-order valence-electron chi connectivity index (χ4n) is 2.64. The molecule has 3 atom stereocenters. The molecule has 0 radical (unpaired) electrons. The summed E-state index contributed by atoms with van der Waals surface area (Å²) < 4.78 is 15.3. The first-order valence-electron chi connectivity index (χ1n) is 6.80. The lowest BCUT2D eigenvalue weighted by Crippen LogP contribution is -2.55. The van der Waals surface area contributed by atoms with Gasteiger partial charge in [-0.25, -0.2) is 0 Å². The average Bonchev–Trinajstić information content (AvgIpc) is 2.54. The van der Waals surface area contributed by atoms with Gasteiger partial charge in [-0.1, -0.05) is 30.3 Å². The van der Waals surface area contributed by atoms with E-state index in [2.05, 4.69) is 0 Å². The number of Topliss-reactive ketones (excluding diaryl/α,β-unsaturated/α-hetero) is 1. The van der Waals surface area contributed by atoms with Crippen LogP contribution >= 0.6 is 0 Å². The zero-order chi connectivity index (χ0) is 16.4. The standard InChI is InChI=1S/C16H20O6/c1-20-12-9-15(18,21-2)10-16(19,22-3)13(12)14(17)11-7-5-4-6-8-11/h4-9,13,18-19H,10H2,1-3H3. The van der Waals surface area contributed by atoms with Gasteiger partial charge in [0.15, 0.2) is 17.4 Å². The van der Waals surface area contributed by atoms with Crippen LogP contribution in [0.25, 0.3) is 0 Å². The van der Waals surface area contributed by atoms with Gasteiger partial charge in [0.05, 0.1) is 13.5 Å². The van der Waals surface area contributed by atoms with E-state index in [1.165, 1.54) is 27.4 Å². The number of ether oxygens (including phenoxy) is 3. The van der Waals surface area contributed by atoms with Crippen molar-refractivity contribution < 1.29 is 29.2 Å². The van der Waals surface area contributed by atoms with Crippen LogP contribution in [0.2, 0.25) is 0 Å². The highest BCUT2D eigenvalue weighted by atomic mass is 16.6. The number of hydrogen-bond donors (Lipinski definition) is 2. The number of hydrogen-bond acceptors (Lipinski definition) is 6. The molecule has 1 aliphatic carbocycles. The zero-order valence-electron chi connectivity index (χ0n) is 12.8. The van der Waals surface area contributed by atoms with Crippen molar-refractivity contribution in [1.29, 1.82) is 0 Å². The molecule has 0 saturated carbocycles. The molecule has 3 unspecified atom stereocenters. The number of methoxy groups -OCH3 is 3. The summed E-state index contributed by atoms with van der Waals surface area (Å²) in [6.45, 7) is 0. The van der Waals surface area contributed by atoms with E-state index in [1.807, 2.05) is 0 Å². The summed E-state index contributed by atoms with van der Waals surface area (Å²) in [6, 6.07) is 8.52. The van der Waals surface area contributed by atoms with Crippen molar-refractivity contribution in [2.45, 2.75) is 18.0 Å². The lowest BCUT2D eigenvalue weighted by Gasteiger charge is -2.42. The highest BCUT2D eigenvalue weighted by Gasteiger charge is 2.54. The molecule has 22 heavy (non-hydrogen) atoms. The van der Waals surface area contributed by atoms with Crippen LogP contribution in [0.15, 0.2) is 42.2 Å². The van der Waals surface area contributed by atoms with E-state index >= 15 is 0 Å². The van der Waals surface area contributed by atoms with Crippen molar-refractivity contribution in [2.75, 3.05) is 21.3 Å². The van der Waals surface area contributed by atoms with Crippen molar-refractivity contribution in [3.8, 4) is 0 Å². The summed E-state index contributed by atoms with van der Waals surface area (Å²) in [5.41, 5.74) is 0.411. The third-order valence-electron chi connectivity index (χ3n) is 3.87. The van der Waals surface area contributed by atoms with Crippen LogP contribution in [0.4, 0.5) is 0 Å². The molecular formula is C16H20O6. The SMILES string of the molecule is COC1=CC(O)(OC)CC(O)(OC)C1C(=O)c1ccccc1. The molecule has 1 aromatic carbocycles. The quantitative estimate of drug-likeness (QED) is 0.625. The van der Waals surface area contributed by atoms with E-state index in [9.17, 15) is 15.0 Å². The Morgan fingerprint density at radius 3 is 2.27 bits per heavy atom. The summed E-state index contributed by atoms with van der Waals surface area (Å²) in [4.78, 5) is 12.8. The molecule has 0 saturated heterocycles. The number of ketones is 1. The Hall–Kier alpha value is -1.73. The van der Waals surface area contributed by atoms with Crippen molar-refractivity contribution in [2.24, 2.45) is 5.92 Å². The van der Waals surface area contributed by atoms with Crippen molar-refractivity contribution in [3.63, 3.8) is 0 Å². The minimum atomic E-state index is -1.95. The largest absolute Gasteiger partial charge is 0.500 e. The minimum Gasteiger partial charge on any atom is -0.500 e. The molecule has 6 nitrogen and oxygen atoms in total. The van der Waals surface area contributed by atoms with Crippen LogP contribution in [0.3, 0.4) is 0 Å². The number of benzene rings is 1. The first-order chi connectivity index (χ1) is 10.4. The van der Waals surface area contributed by atoms with Crippen LogP contribution in [0.1, 0.15) is 16.8 Å². The lowest BCUT2D eigenvalue weighted by atomic mass is 9.79.